The molecule has 0 saturated carbocycles. The average molecular weight is 339 g/mol. The second-order valence-electron chi connectivity index (χ2n) is 5.76. The van der Waals surface area contributed by atoms with Crippen molar-refractivity contribution in [2.45, 2.75) is 20.5 Å². The molecule has 1 aromatic heterocycles. The lowest BCUT2D eigenvalue weighted by Gasteiger charge is -2.06. The molecule has 1 N–H and O–H groups in total. The van der Waals surface area contributed by atoms with E-state index in [2.05, 4.69) is 5.32 Å². The summed E-state index contributed by atoms with van der Waals surface area (Å²) in [5.74, 6) is 0.594. The Morgan fingerprint density at radius 2 is 1.80 bits per heavy atom. The maximum absolute atomic E-state index is 12.8. The number of aryl methyl sites for hydroxylation is 2. The first-order chi connectivity index (χ1) is 12.0. The van der Waals surface area contributed by atoms with Crippen LogP contribution in [0.4, 0.5) is 10.1 Å². The zero-order chi connectivity index (χ0) is 17.8. The highest BCUT2D eigenvalue weighted by atomic mass is 19.1. The van der Waals surface area contributed by atoms with Gasteiger partial charge >= 0.3 is 0 Å². The molecule has 0 saturated heterocycles. The van der Waals surface area contributed by atoms with Gasteiger partial charge in [0.1, 0.15) is 23.9 Å². The van der Waals surface area contributed by atoms with Crippen LogP contribution in [-0.2, 0) is 6.61 Å². The minimum Gasteiger partial charge on any atom is -0.486 e. The number of furan rings is 1. The lowest BCUT2D eigenvalue weighted by atomic mass is 10.1. The molecule has 0 aliphatic rings. The smallest absolute Gasteiger partial charge is 0.291 e. The lowest BCUT2D eigenvalue weighted by molar-refractivity contribution is 0.0992. The zero-order valence-electron chi connectivity index (χ0n) is 14.0. The molecule has 25 heavy (non-hydrogen) atoms. The van der Waals surface area contributed by atoms with Gasteiger partial charge in [-0.15, -0.1) is 0 Å². The minimum absolute atomic E-state index is 0.155. The topological polar surface area (TPSA) is 51.5 Å². The van der Waals surface area contributed by atoms with Gasteiger partial charge in [-0.2, -0.15) is 0 Å². The number of benzene rings is 2. The molecule has 0 fully saturated rings. The number of rotatable bonds is 5. The summed E-state index contributed by atoms with van der Waals surface area (Å²) >= 11 is 0. The molecule has 0 aliphatic carbocycles. The Morgan fingerprint density at radius 1 is 1.04 bits per heavy atom. The highest BCUT2D eigenvalue weighted by Gasteiger charge is 2.12. The van der Waals surface area contributed by atoms with Crippen molar-refractivity contribution in [1.29, 1.82) is 0 Å². The van der Waals surface area contributed by atoms with Gasteiger partial charge in [-0.3, -0.25) is 4.79 Å². The summed E-state index contributed by atoms with van der Waals surface area (Å²) in [6.07, 6.45) is 0. The van der Waals surface area contributed by atoms with Crippen molar-refractivity contribution in [2.75, 3.05) is 5.32 Å². The van der Waals surface area contributed by atoms with Crippen molar-refractivity contribution >= 4 is 11.6 Å². The first-order valence-corrected chi connectivity index (χ1v) is 7.87. The summed E-state index contributed by atoms with van der Waals surface area (Å²) in [5.41, 5.74) is 2.98. The maximum atomic E-state index is 12.8. The number of halogens is 1. The summed E-state index contributed by atoms with van der Waals surface area (Å²) in [6.45, 7) is 4.16. The molecule has 1 heterocycles. The molecule has 1 amide bonds. The van der Waals surface area contributed by atoms with Crippen molar-refractivity contribution < 1.29 is 18.3 Å². The molecule has 3 rings (SSSR count). The number of carbonyl (C=O) groups is 1. The van der Waals surface area contributed by atoms with E-state index in [1.807, 2.05) is 32.0 Å². The molecule has 128 valence electrons. The second-order valence-corrected chi connectivity index (χ2v) is 5.76. The highest BCUT2D eigenvalue weighted by molar-refractivity contribution is 6.02. The number of anilines is 1. The van der Waals surface area contributed by atoms with Crippen molar-refractivity contribution in [3.63, 3.8) is 0 Å². The molecule has 4 nitrogen and oxygen atoms in total. The summed E-state index contributed by atoms with van der Waals surface area (Å²) < 4.78 is 23.9. The van der Waals surface area contributed by atoms with Gasteiger partial charge in [0.15, 0.2) is 5.76 Å². The molecule has 3 aromatic rings. The van der Waals surface area contributed by atoms with Gasteiger partial charge in [0.05, 0.1) is 0 Å². The summed E-state index contributed by atoms with van der Waals surface area (Å²) in [7, 11) is 0. The Kier molecular flexibility index (Phi) is 4.84. The zero-order valence-corrected chi connectivity index (χ0v) is 14.0. The van der Waals surface area contributed by atoms with Crippen LogP contribution in [0.3, 0.4) is 0 Å². The van der Waals surface area contributed by atoms with Gasteiger partial charge in [-0.25, -0.2) is 4.39 Å². The summed E-state index contributed by atoms with van der Waals surface area (Å²) in [6, 6.07) is 14.7. The lowest BCUT2D eigenvalue weighted by Crippen LogP contribution is -2.11. The van der Waals surface area contributed by atoms with E-state index in [4.69, 9.17) is 9.15 Å². The molecule has 0 radical (unpaired) electrons. The van der Waals surface area contributed by atoms with E-state index < -0.39 is 0 Å². The van der Waals surface area contributed by atoms with Crippen LogP contribution in [0.2, 0.25) is 0 Å². The SMILES string of the molecule is Cc1ccc(NC(=O)c2ccc(COc3ccc(F)cc3)o2)cc1C. The van der Waals surface area contributed by atoms with Gasteiger partial charge < -0.3 is 14.5 Å². The minimum atomic E-state index is -0.323. The largest absolute Gasteiger partial charge is 0.486 e. The number of hydrogen-bond donors (Lipinski definition) is 1. The molecule has 0 unspecified atom stereocenters. The van der Waals surface area contributed by atoms with E-state index in [1.165, 1.54) is 24.3 Å². The predicted octanol–water partition coefficient (Wildman–Crippen LogP) is 4.87. The van der Waals surface area contributed by atoms with Crippen LogP contribution in [0, 0.1) is 19.7 Å². The summed E-state index contributed by atoms with van der Waals surface area (Å²) in [4.78, 5) is 12.2. The third-order valence-corrected chi connectivity index (χ3v) is 3.84. The molecule has 0 atom stereocenters. The van der Waals surface area contributed by atoms with Gasteiger partial charge in [-0.05, 0) is 73.5 Å². The first-order valence-electron chi connectivity index (χ1n) is 7.87. The van der Waals surface area contributed by atoms with Crippen LogP contribution in [0.15, 0.2) is 59.0 Å². The van der Waals surface area contributed by atoms with Crippen LogP contribution in [0.5, 0.6) is 5.75 Å². The van der Waals surface area contributed by atoms with Crippen molar-refractivity contribution in [3.05, 3.63) is 83.1 Å². The Labute approximate surface area is 145 Å². The fourth-order valence-electron chi connectivity index (χ4n) is 2.27. The molecule has 0 spiro atoms. The normalized spacial score (nSPS) is 10.5. The first kappa shape index (κ1) is 16.8. The van der Waals surface area contributed by atoms with Crippen LogP contribution in [0.1, 0.15) is 27.4 Å². The third-order valence-electron chi connectivity index (χ3n) is 3.84. The molecule has 5 heteroatoms. The van der Waals surface area contributed by atoms with Gasteiger partial charge in [0.2, 0.25) is 0 Å². The summed E-state index contributed by atoms with van der Waals surface area (Å²) in [5, 5.41) is 2.80. The molecule has 2 aromatic carbocycles. The highest BCUT2D eigenvalue weighted by Crippen LogP contribution is 2.18. The van der Waals surface area contributed by atoms with E-state index in [-0.39, 0.29) is 24.1 Å². The van der Waals surface area contributed by atoms with Crippen molar-refractivity contribution in [3.8, 4) is 5.75 Å². The fourth-order valence-corrected chi connectivity index (χ4v) is 2.27. The molecule has 0 aliphatic heterocycles. The number of nitrogens with one attached hydrogen (secondary N) is 1. The maximum Gasteiger partial charge on any atom is 0.291 e. The van der Waals surface area contributed by atoms with E-state index in [1.54, 1.807) is 12.1 Å². The van der Waals surface area contributed by atoms with Gasteiger partial charge in [0.25, 0.3) is 5.91 Å². The average Bonchev–Trinajstić information content (AvgIpc) is 3.07. The predicted molar refractivity (Wildman–Crippen MR) is 93.3 cm³/mol. The molecular weight excluding hydrogens is 321 g/mol. The number of hydrogen-bond acceptors (Lipinski definition) is 3. The second kappa shape index (κ2) is 7.21. The number of ether oxygens (including phenoxy) is 1. The Morgan fingerprint density at radius 3 is 2.52 bits per heavy atom. The van der Waals surface area contributed by atoms with Gasteiger partial charge in [-0.1, -0.05) is 6.07 Å². The number of amides is 1. The standard InChI is InChI=1S/C20H18FNO3/c1-13-3-6-16(11-14(13)2)22-20(23)19-10-9-18(25-19)12-24-17-7-4-15(21)5-8-17/h3-11H,12H2,1-2H3,(H,22,23). The van der Waals surface area contributed by atoms with E-state index in [0.717, 1.165) is 11.1 Å². The fraction of sp³-hybridized carbons (Fsp3) is 0.150. The van der Waals surface area contributed by atoms with Crippen LogP contribution < -0.4 is 10.1 Å². The Hall–Kier alpha value is -3.08. The van der Waals surface area contributed by atoms with Crippen LogP contribution in [-0.4, -0.2) is 5.91 Å². The van der Waals surface area contributed by atoms with E-state index >= 15 is 0 Å². The van der Waals surface area contributed by atoms with Gasteiger partial charge in [0, 0.05) is 5.69 Å². The Balaban J connectivity index is 1.61. The van der Waals surface area contributed by atoms with Crippen molar-refractivity contribution in [1.82, 2.24) is 0 Å². The van der Waals surface area contributed by atoms with Crippen LogP contribution in [0.25, 0.3) is 0 Å². The van der Waals surface area contributed by atoms with E-state index in [0.29, 0.717) is 17.2 Å². The quantitative estimate of drug-likeness (QED) is 0.722. The van der Waals surface area contributed by atoms with Crippen molar-refractivity contribution in [2.24, 2.45) is 0 Å². The molecule has 0 bridgehead atoms. The van der Waals surface area contributed by atoms with Crippen LogP contribution >= 0.6 is 0 Å². The molecular formula is C20H18FNO3. The number of carbonyl (C=O) groups excluding carboxylic acids is 1. The van der Waals surface area contributed by atoms with E-state index in [9.17, 15) is 9.18 Å². The monoisotopic (exact) mass is 339 g/mol. The third kappa shape index (κ3) is 4.26. The Bertz CT molecular complexity index is 884.